The van der Waals surface area contributed by atoms with Crippen molar-refractivity contribution in [2.24, 2.45) is 5.73 Å². The number of aromatic nitrogens is 2. The van der Waals surface area contributed by atoms with E-state index in [0.29, 0.717) is 11.5 Å². The molecule has 0 radical (unpaired) electrons. The lowest BCUT2D eigenvalue weighted by Crippen LogP contribution is -2.50. The maximum Gasteiger partial charge on any atom is 0.154 e. The van der Waals surface area contributed by atoms with Crippen LogP contribution >= 0.6 is 0 Å². The van der Waals surface area contributed by atoms with Gasteiger partial charge in [0.2, 0.25) is 0 Å². The highest BCUT2D eigenvalue weighted by Gasteiger charge is 2.26. The van der Waals surface area contributed by atoms with Gasteiger partial charge in [0, 0.05) is 0 Å². The molecule has 2 rings (SSSR count). The molecule has 0 bridgehead atoms. The summed E-state index contributed by atoms with van der Waals surface area (Å²) >= 11 is 0. The highest BCUT2D eigenvalue weighted by molar-refractivity contribution is 5.44. The highest BCUT2D eigenvalue weighted by atomic mass is 16.3. The Hall–Kier alpha value is -1.32. The predicted molar refractivity (Wildman–Crippen MR) is 58.4 cm³/mol. The van der Waals surface area contributed by atoms with Gasteiger partial charge in [0.25, 0.3) is 0 Å². The minimum Gasteiger partial charge on any atom is -0.390 e. The van der Waals surface area contributed by atoms with Crippen LogP contribution in [-0.2, 0) is 0 Å². The van der Waals surface area contributed by atoms with Crippen LogP contribution in [0.5, 0.6) is 0 Å². The summed E-state index contributed by atoms with van der Waals surface area (Å²) < 4.78 is 0. The van der Waals surface area contributed by atoms with Gasteiger partial charge in [-0.2, -0.15) is 0 Å². The molecule has 7 N–H and O–H groups in total. The van der Waals surface area contributed by atoms with Crippen LogP contribution < -0.4 is 16.4 Å². The lowest BCUT2D eigenvalue weighted by atomic mass is 10.1. The molecule has 2 heterocycles. The quantitative estimate of drug-likeness (QED) is 0.354. The van der Waals surface area contributed by atoms with Crippen LogP contribution in [0.15, 0.2) is 6.20 Å². The molecule has 17 heavy (non-hydrogen) atoms. The van der Waals surface area contributed by atoms with E-state index in [-0.39, 0.29) is 5.69 Å². The first kappa shape index (κ1) is 12.1. The number of anilines is 1. The molecule has 1 aliphatic rings. The zero-order chi connectivity index (χ0) is 12.6. The molecule has 8 heteroatoms. The minimum atomic E-state index is -1.13. The van der Waals surface area contributed by atoms with Gasteiger partial charge in [-0.05, 0) is 6.92 Å². The van der Waals surface area contributed by atoms with E-state index in [1.807, 2.05) is 0 Å². The Bertz CT molecular complexity index is 414. The van der Waals surface area contributed by atoms with Crippen molar-refractivity contribution in [3.8, 4) is 0 Å². The van der Waals surface area contributed by atoms with Gasteiger partial charge < -0.3 is 20.6 Å². The molecule has 1 aromatic heterocycles. The molecule has 0 saturated carbocycles. The average Bonchev–Trinajstić information content (AvgIpc) is 2.26. The number of aliphatic hydroxyl groups excluding tert-OH is 3. The molecule has 8 nitrogen and oxygen atoms in total. The van der Waals surface area contributed by atoms with Crippen molar-refractivity contribution in [2.75, 3.05) is 5.32 Å². The van der Waals surface area contributed by atoms with E-state index in [2.05, 4.69) is 20.6 Å². The second-order valence-electron chi connectivity index (χ2n) is 3.91. The molecule has 0 aromatic carbocycles. The van der Waals surface area contributed by atoms with Gasteiger partial charge >= 0.3 is 0 Å². The Kier molecular flexibility index (Phi) is 3.22. The third kappa shape index (κ3) is 2.35. The topological polar surface area (TPSA) is 137 Å². The number of nitrogens with zero attached hydrogens (tertiary/aromatic N) is 2. The fourth-order valence-corrected chi connectivity index (χ4v) is 1.55. The number of aliphatic hydroxyl groups is 3. The second-order valence-corrected chi connectivity index (χ2v) is 3.91. The summed E-state index contributed by atoms with van der Waals surface area (Å²) in [6, 6.07) is 0. The third-order valence-electron chi connectivity index (χ3n) is 2.47. The van der Waals surface area contributed by atoms with E-state index in [9.17, 15) is 15.3 Å². The first-order chi connectivity index (χ1) is 7.99. The molecular weight excluding hydrogens is 226 g/mol. The monoisotopic (exact) mass is 241 g/mol. The van der Waals surface area contributed by atoms with Crippen molar-refractivity contribution >= 4 is 5.82 Å². The number of fused-ring (bicyclic) bond motifs is 1. The summed E-state index contributed by atoms with van der Waals surface area (Å²) in [6.45, 7) is 1.45. The van der Waals surface area contributed by atoms with E-state index in [4.69, 9.17) is 5.73 Å². The summed E-state index contributed by atoms with van der Waals surface area (Å²) in [5.41, 5.74) is 6.08. The summed E-state index contributed by atoms with van der Waals surface area (Å²) in [6.07, 6.45) is -2.43. The molecule has 0 saturated heterocycles. The Labute approximate surface area is 97.5 Å². The second kappa shape index (κ2) is 4.51. The van der Waals surface area contributed by atoms with Crippen molar-refractivity contribution < 1.29 is 15.3 Å². The summed E-state index contributed by atoms with van der Waals surface area (Å²) in [5, 5.41) is 33.9. The van der Waals surface area contributed by atoms with Gasteiger partial charge in [-0.15, -0.1) is 0 Å². The van der Waals surface area contributed by atoms with Crippen molar-refractivity contribution in [1.29, 1.82) is 0 Å². The van der Waals surface area contributed by atoms with Crippen molar-refractivity contribution in [2.45, 2.75) is 31.6 Å². The molecule has 1 aromatic rings. The molecule has 1 aliphatic heterocycles. The van der Waals surface area contributed by atoms with Crippen molar-refractivity contribution in [1.82, 2.24) is 15.3 Å². The number of hydrogen-bond donors (Lipinski definition) is 6. The van der Waals surface area contributed by atoms with Crippen LogP contribution in [0.1, 0.15) is 30.6 Å². The SMILES string of the molecule is CC(O)C(O)c1cnc2c(n1)NC(N)N[C@@H]2O. The van der Waals surface area contributed by atoms with Crippen LogP contribution in [0, 0.1) is 0 Å². The molecule has 0 fully saturated rings. The number of nitrogens with two attached hydrogens (primary N) is 1. The summed E-state index contributed by atoms with van der Waals surface area (Å²) in [4.78, 5) is 8.05. The molecular formula is C9H15N5O3. The molecule has 4 atom stereocenters. The van der Waals surface area contributed by atoms with Crippen LogP contribution in [-0.4, -0.2) is 37.7 Å². The Balaban J connectivity index is 2.33. The zero-order valence-corrected chi connectivity index (χ0v) is 9.20. The van der Waals surface area contributed by atoms with Crippen LogP contribution in [0.4, 0.5) is 5.82 Å². The Morgan fingerprint density at radius 2 is 2.18 bits per heavy atom. The summed E-state index contributed by atoms with van der Waals surface area (Å²) in [5.74, 6) is 0.293. The first-order valence-corrected chi connectivity index (χ1v) is 5.18. The minimum absolute atomic E-state index is 0.215. The average molecular weight is 241 g/mol. The highest BCUT2D eigenvalue weighted by Crippen LogP contribution is 2.24. The number of hydrogen-bond acceptors (Lipinski definition) is 8. The standard InChI is InChI=1S/C9H15N5O3/c1-3(15)6(16)4-2-11-5-7(12-4)13-9(10)14-8(5)17/h2-3,6,8-9,14-17H,10H2,1H3,(H,12,13)/t3?,6?,8-,9?/m1/s1. The van der Waals surface area contributed by atoms with Crippen molar-refractivity contribution in [3.05, 3.63) is 17.6 Å². The molecule has 0 spiro atoms. The molecule has 3 unspecified atom stereocenters. The normalized spacial score (nSPS) is 26.9. The lowest BCUT2D eigenvalue weighted by molar-refractivity contribution is 0.0274. The van der Waals surface area contributed by atoms with Gasteiger partial charge in [-0.3, -0.25) is 16.0 Å². The van der Waals surface area contributed by atoms with Gasteiger partial charge in [-0.25, -0.2) is 4.98 Å². The smallest absolute Gasteiger partial charge is 0.154 e. The number of rotatable bonds is 2. The third-order valence-corrected chi connectivity index (χ3v) is 2.47. The van der Waals surface area contributed by atoms with Gasteiger partial charge in [0.1, 0.15) is 18.1 Å². The Morgan fingerprint density at radius 3 is 2.82 bits per heavy atom. The van der Waals surface area contributed by atoms with E-state index in [1.54, 1.807) is 0 Å². The molecule has 0 aliphatic carbocycles. The molecule has 0 amide bonds. The maximum atomic E-state index is 9.64. The zero-order valence-electron chi connectivity index (χ0n) is 9.20. The van der Waals surface area contributed by atoms with Crippen molar-refractivity contribution in [3.63, 3.8) is 0 Å². The predicted octanol–water partition coefficient (Wildman–Crippen LogP) is -1.86. The van der Waals surface area contributed by atoms with Crippen LogP contribution in [0.25, 0.3) is 0 Å². The van der Waals surface area contributed by atoms with E-state index in [0.717, 1.165) is 0 Å². The maximum absolute atomic E-state index is 9.64. The molecule has 94 valence electrons. The largest absolute Gasteiger partial charge is 0.390 e. The van der Waals surface area contributed by atoms with Crippen LogP contribution in [0.2, 0.25) is 0 Å². The van der Waals surface area contributed by atoms with E-state index < -0.39 is 24.7 Å². The van der Waals surface area contributed by atoms with Gasteiger partial charge in [0.15, 0.2) is 12.0 Å². The lowest BCUT2D eigenvalue weighted by Gasteiger charge is -2.28. The Morgan fingerprint density at radius 1 is 1.47 bits per heavy atom. The summed E-state index contributed by atoms with van der Waals surface area (Å²) in [7, 11) is 0. The van der Waals surface area contributed by atoms with Crippen LogP contribution in [0.3, 0.4) is 0 Å². The van der Waals surface area contributed by atoms with Gasteiger partial charge in [-0.1, -0.05) is 0 Å². The first-order valence-electron chi connectivity index (χ1n) is 5.18. The van der Waals surface area contributed by atoms with E-state index in [1.165, 1.54) is 13.1 Å². The fraction of sp³-hybridized carbons (Fsp3) is 0.556. The fourth-order valence-electron chi connectivity index (χ4n) is 1.55. The number of nitrogens with one attached hydrogen (secondary N) is 2. The van der Waals surface area contributed by atoms with E-state index >= 15 is 0 Å². The van der Waals surface area contributed by atoms with Gasteiger partial charge in [0.05, 0.1) is 18.0 Å².